The van der Waals surface area contributed by atoms with Gasteiger partial charge in [-0.3, -0.25) is 19.2 Å². The quantitative estimate of drug-likeness (QED) is 0.229. The first-order chi connectivity index (χ1) is 15.6. The van der Waals surface area contributed by atoms with Crippen LogP contribution in [0.25, 0.3) is 0 Å². The number of aldehydes is 1. The number of halogens is 1. The fourth-order valence-electron chi connectivity index (χ4n) is 3.94. The summed E-state index contributed by atoms with van der Waals surface area (Å²) in [5.74, 6) is -2.88. The Labute approximate surface area is 196 Å². The number of benzene rings is 1. The fourth-order valence-corrected chi connectivity index (χ4v) is 4.12. The van der Waals surface area contributed by atoms with Crippen LogP contribution in [0.4, 0.5) is 5.69 Å². The smallest absolute Gasteiger partial charge is 0.330 e. The third kappa shape index (κ3) is 7.71. The number of carbonyl (C=O) groups excluding carboxylic acids is 4. The molecule has 1 aromatic rings. The highest BCUT2D eigenvalue weighted by atomic mass is 35.5. The van der Waals surface area contributed by atoms with Crippen molar-refractivity contribution in [3.8, 4) is 0 Å². The van der Waals surface area contributed by atoms with E-state index in [2.05, 4.69) is 10.6 Å². The van der Waals surface area contributed by atoms with Crippen molar-refractivity contribution in [3.63, 3.8) is 0 Å². The first-order valence-electron chi connectivity index (χ1n) is 10.7. The van der Waals surface area contributed by atoms with Crippen molar-refractivity contribution in [3.05, 3.63) is 40.6 Å². The average molecular weight is 478 g/mol. The molecule has 1 aliphatic rings. The van der Waals surface area contributed by atoms with Crippen molar-refractivity contribution in [2.24, 2.45) is 11.8 Å². The minimum Gasteiger partial charge on any atom is -0.478 e. The van der Waals surface area contributed by atoms with Gasteiger partial charge in [0.05, 0.1) is 28.5 Å². The molecule has 3 atom stereocenters. The molecule has 10 heteroatoms. The summed E-state index contributed by atoms with van der Waals surface area (Å²) in [5.41, 5.74) is 5.97. The third-order valence-corrected chi connectivity index (χ3v) is 6.10. The van der Waals surface area contributed by atoms with Gasteiger partial charge in [-0.1, -0.05) is 24.4 Å². The third-order valence-electron chi connectivity index (χ3n) is 5.77. The van der Waals surface area contributed by atoms with Crippen LogP contribution in [0.2, 0.25) is 5.02 Å². The van der Waals surface area contributed by atoms with Crippen molar-refractivity contribution in [2.45, 2.75) is 51.5 Å². The minimum absolute atomic E-state index is 0.0840. The molecule has 5 N–H and O–H groups in total. The van der Waals surface area contributed by atoms with Crippen molar-refractivity contribution < 1.29 is 29.1 Å². The topological polar surface area (TPSA) is 156 Å². The molecule has 178 valence electrons. The average Bonchev–Trinajstić information content (AvgIpc) is 2.78. The molecule has 1 aliphatic carbocycles. The highest BCUT2D eigenvalue weighted by Gasteiger charge is 2.32. The van der Waals surface area contributed by atoms with Gasteiger partial charge in [-0.15, -0.1) is 0 Å². The van der Waals surface area contributed by atoms with Crippen LogP contribution < -0.4 is 16.4 Å². The Hall–Kier alpha value is -3.20. The number of ketones is 1. The van der Waals surface area contributed by atoms with Gasteiger partial charge in [-0.25, -0.2) is 4.79 Å². The van der Waals surface area contributed by atoms with Crippen molar-refractivity contribution >= 4 is 47.1 Å². The first kappa shape index (κ1) is 26.1. The van der Waals surface area contributed by atoms with Gasteiger partial charge in [-0.05, 0) is 50.3 Å². The van der Waals surface area contributed by atoms with E-state index >= 15 is 0 Å². The highest BCUT2D eigenvalue weighted by Crippen LogP contribution is 2.33. The summed E-state index contributed by atoms with van der Waals surface area (Å²) < 4.78 is 0. The van der Waals surface area contributed by atoms with Crippen LogP contribution >= 0.6 is 11.6 Å². The second-order valence-corrected chi connectivity index (χ2v) is 8.54. The van der Waals surface area contributed by atoms with E-state index in [1.807, 2.05) is 0 Å². The van der Waals surface area contributed by atoms with Crippen molar-refractivity contribution in [1.82, 2.24) is 10.6 Å². The molecule has 0 bridgehead atoms. The molecule has 2 rings (SSSR count). The Morgan fingerprint density at radius 3 is 2.58 bits per heavy atom. The molecule has 0 aromatic heterocycles. The number of aliphatic carboxylic acids is 1. The van der Waals surface area contributed by atoms with Crippen molar-refractivity contribution in [1.29, 1.82) is 0 Å². The Bertz CT molecular complexity index is 962. The maximum Gasteiger partial charge on any atom is 0.330 e. The number of Topliss-reactive ketones (excluding diaryl/α,β-unsaturated/α-hetero) is 1. The molecule has 0 aliphatic heterocycles. The highest BCUT2D eigenvalue weighted by molar-refractivity contribution is 6.33. The molecule has 0 spiro atoms. The number of hydrogen-bond acceptors (Lipinski definition) is 6. The number of rotatable bonds is 10. The van der Waals surface area contributed by atoms with Crippen LogP contribution in [0, 0.1) is 11.8 Å². The molecule has 1 saturated carbocycles. The number of hydrogen-bond donors (Lipinski definition) is 4. The monoisotopic (exact) mass is 477 g/mol. The summed E-state index contributed by atoms with van der Waals surface area (Å²) in [6, 6.07) is 3.73. The van der Waals surface area contributed by atoms with Crippen LogP contribution in [-0.2, 0) is 19.2 Å². The number of carboxylic acid groups (broad SMARTS) is 1. The van der Waals surface area contributed by atoms with Gasteiger partial charge in [0, 0.05) is 17.9 Å². The molecular formula is C23H28ClN3O6. The summed E-state index contributed by atoms with van der Waals surface area (Å²) in [6.45, 7) is 1.59. The summed E-state index contributed by atoms with van der Waals surface area (Å²) in [4.78, 5) is 59.4. The summed E-state index contributed by atoms with van der Waals surface area (Å²) in [6.07, 6.45) is 4.63. The van der Waals surface area contributed by atoms with E-state index in [-0.39, 0.29) is 35.1 Å². The molecule has 2 unspecified atom stereocenters. The molecule has 0 saturated heterocycles. The van der Waals surface area contributed by atoms with Crippen LogP contribution in [0.1, 0.15) is 55.8 Å². The maximum atomic E-state index is 12.6. The Morgan fingerprint density at radius 1 is 1.24 bits per heavy atom. The van der Waals surface area contributed by atoms with Crippen LogP contribution in [-0.4, -0.2) is 41.0 Å². The van der Waals surface area contributed by atoms with E-state index in [1.165, 1.54) is 18.2 Å². The zero-order chi connectivity index (χ0) is 24.5. The predicted octanol–water partition coefficient (Wildman–Crippen LogP) is 2.48. The van der Waals surface area contributed by atoms with Crippen LogP contribution in [0.3, 0.4) is 0 Å². The number of amides is 2. The number of nitrogen functional groups attached to an aromatic ring is 1. The zero-order valence-corrected chi connectivity index (χ0v) is 19.1. The summed E-state index contributed by atoms with van der Waals surface area (Å²) >= 11 is 5.94. The van der Waals surface area contributed by atoms with E-state index < -0.39 is 29.7 Å². The van der Waals surface area contributed by atoms with Gasteiger partial charge >= 0.3 is 5.97 Å². The van der Waals surface area contributed by atoms with E-state index in [4.69, 9.17) is 22.4 Å². The lowest BCUT2D eigenvalue weighted by Gasteiger charge is -2.30. The SMILES string of the molecule is CC(NC(=O)c1ccc(N)c(Cl)c1)C(=O)CCC1CCCC[C@H]1C(=O)N/C(C=O)=C/C(=O)O. The molecule has 0 radical (unpaired) electrons. The normalized spacial score (nSPS) is 19.3. The Morgan fingerprint density at radius 2 is 1.94 bits per heavy atom. The number of carbonyl (C=O) groups is 5. The van der Waals surface area contributed by atoms with E-state index in [0.717, 1.165) is 19.3 Å². The van der Waals surface area contributed by atoms with Crippen molar-refractivity contribution in [2.75, 3.05) is 5.73 Å². The van der Waals surface area contributed by atoms with Gasteiger partial charge in [0.15, 0.2) is 12.1 Å². The molecule has 0 heterocycles. The second-order valence-electron chi connectivity index (χ2n) is 8.13. The summed E-state index contributed by atoms with van der Waals surface area (Å²) in [5, 5.41) is 14.1. The van der Waals surface area contributed by atoms with Gasteiger partial charge < -0.3 is 21.5 Å². The van der Waals surface area contributed by atoms with Gasteiger partial charge in [-0.2, -0.15) is 0 Å². The number of nitrogens with two attached hydrogens (primary N) is 1. The Kier molecular flexibility index (Phi) is 9.59. The molecule has 33 heavy (non-hydrogen) atoms. The van der Waals surface area contributed by atoms with Crippen LogP contribution in [0.5, 0.6) is 0 Å². The van der Waals surface area contributed by atoms with Gasteiger partial charge in [0.2, 0.25) is 5.91 Å². The molecule has 1 fully saturated rings. The molecular weight excluding hydrogens is 450 g/mol. The molecule has 1 aromatic carbocycles. The maximum absolute atomic E-state index is 12.6. The number of carboxylic acids is 1. The summed E-state index contributed by atoms with van der Waals surface area (Å²) in [7, 11) is 0. The fraction of sp³-hybridized carbons (Fsp3) is 0.435. The number of anilines is 1. The molecule has 2 amide bonds. The van der Waals surface area contributed by atoms with Gasteiger partial charge in [0.1, 0.15) is 0 Å². The van der Waals surface area contributed by atoms with Crippen LogP contribution in [0.15, 0.2) is 30.0 Å². The number of nitrogens with one attached hydrogen (secondary N) is 2. The number of allylic oxidation sites excluding steroid dienone is 1. The van der Waals surface area contributed by atoms with E-state index in [1.54, 1.807) is 6.92 Å². The lowest BCUT2D eigenvalue weighted by atomic mass is 9.76. The lowest BCUT2D eigenvalue weighted by Crippen LogP contribution is -2.40. The lowest BCUT2D eigenvalue weighted by molar-refractivity contribution is -0.131. The first-order valence-corrected chi connectivity index (χ1v) is 11.1. The Balaban J connectivity index is 1.93. The largest absolute Gasteiger partial charge is 0.478 e. The minimum atomic E-state index is -1.33. The zero-order valence-electron chi connectivity index (χ0n) is 18.3. The van der Waals surface area contributed by atoms with Gasteiger partial charge in [0.25, 0.3) is 5.91 Å². The van der Waals surface area contributed by atoms with E-state index in [0.29, 0.717) is 30.2 Å². The molecule has 9 nitrogen and oxygen atoms in total. The standard InChI is InChI=1S/C23H28ClN3O6/c1-13(26-22(32)15-6-8-19(25)18(24)10-15)20(29)9-7-14-4-2-3-5-17(14)23(33)27-16(12-28)11-21(30)31/h6,8,10-14,17H,2-5,7,9,25H2,1H3,(H,26,32)(H,27,33)(H,30,31)/b16-11+/t13?,14?,17-/m1/s1. The van der Waals surface area contributed by atoms with E-state index in [9.17, 15) is 24.0 Å². The predicted molar refractivity (Wildman–Crippen MR) is 122 cm³/mol. The second kappa shape index (κ2) is 12.2.